The van der Waals surface area contributed by atoms with Crippen LogP contribution >= 0.6 is 0 Å². The first kappa shape index (κ1) is 12.7. The Hall–Kier alpha value is -1.97. The Kier molecular flexibility index (Phi) is 2.74. The lowest BCUT2D eigenvalue weighted by molar-refractivity contribution is 0.720. The molecule has 0 saturated heterocycles. The van der Waals surface area contributed by atoms with Gasteiger partial charge in [-0.15, -0.1) is 0 Å². The molecule has 21 heavy (non-hydrogen) atoms. The third-order valence-corrected chi connectivity index (χ3v) is 4.74. The van der Waals surface area contributed by atoms with Crippen LogP contribution in [0.25, 0.3) is 11.3 Å². The van der Waals surface area contributed by atoms with Crippen LogP contribution in [0.2, 0.25) is 0 Å². The summed E-state index contributed by atoms with van der Waals surface area (Å²) < 4.78 is 2.21. The van der Waals surface area contributed by atoms with Crippen LogP contribution in [0.5, 0.6) is 0 Å². The standard InChI is InChI=1S/C17H22N4/c1-11-19-16(17(18)21(11)14-6-7-14)13-5-8-15-12(10-13)4-3-9-20(15)2/h5,8,10,14H,3-4,6-7,9,18H2,1-2H3. The van der Waals surface area contributed by atoms with Gasteiger partial charge in [-0.1, -0.05) is 6.07 Å². The van der Waals surface area contributed by atoms with Gasteiger partial charge in [-0.05, 0) is 50.3 Å². The number of rotatable bonds is 2. The van der Waals surface area contributed by atoms with Crippen molar-refractivity contribution in [1.29, 1.82) is 0 Å². The van der Waals surface area contributed by atoms with Gasteiger partial charge >= 0.3 is 0 Å². The number of nitrogen functional groups attached to an aromatic ring is 1. The molecule has 1 aromatic carbocycles. The van der Waals surface area contributed by atoms with Gasteiger partial charge in [0, 0.05) is 30.9 Å². The van der Waals surface area contributed by atoms with E-state index in [2.05, 4.69) is 41.6 Å². The predicted octanol–water partition coefficient (Wildman–Crippen LogP) is 3.16. The number of imidazole rings is 1. The highest BCUT2D eigenvalue weighted by molar-refractivity contribution is 5.74. The van der Waals surface area contributed by atoms with Gasteiger partial charge in [0.2, 0.25) is 0 Å². The molecule has 1 aliphatic heterocycles. The number of aromatic nitrogens is 2. The Morgan fingerprint density at radius 3 is 2.86 bits per heavy atom. The molecule has 0 atom stereocenters. The molecule has 1 fully saturated rings. The second kappa shape index (κ2) is 4.52. The van der Waals surface area contributed by atoms with E-state index in [0.29, 0.717) is 6.04 Å². The first-order valence-corrected chi connectivity index (χ1v) is 7.84. The van der Waals surface area contributed by atoms with Crippen molar-refractivity contribution in [3.63, 3.8) is 0 Å². The number of benzene rings is 1. The summed E-state index contributed by atoms with van der Waals surface area (Å²) in [4.78, 5) is 7.07. The van der Waals surface area contributed by atoms with E-state index in [1.54, 1.807) is 0 Å². The van der Waals surface area contributed by atoms with E-state index in [0.717, 1.165) is 35.9 Å². The molecule has 2 heterocycles. The average Bonchev–Trinajstić information content (AvgIpc) is 3.25. The van der Waals surface area contributed by atoms with E-state index < -0.39 is 0 Å². The first-order chi connectivity index (χ1) is 10.1. The summed E-state index contributed by atoms with van der Waals surface area (Å²) in [6.07, 6.45) is 4.83. The van der Waals surface area contributed by atoms with E-state index in [9.17, 15) is 0 Å². The molecule has 0 amide bonds. The zero-order valence-electron chi connectivity index (χ0n) is 12.8. The summed E-state index contributed by atoms with van der Waals surface area (Å²) in [5.41, 5.74) is 11.2. The fraction of sp³-hybridized carbons (Fsp3) is 0.471. The molecule has 0 bridgehead atoms. The largest absolute Gasteiger partial charge is 0.383 e. The molecule has 1 aromatic heterocycles. The zero-order valence-corrected chi connectivity index (χ0v) is 12.8. The maximum atomic E-state index is 6.37. The Balaban J connectivity index is 1.79. The van der Waals surface area contributed by atoms with Crippen molar-refractivity contribution in [2.75, 3.05) is 24.2 Å². The van der Waals surface area contributed by atoms with Crippen LogP contribution in [0.3, 0.4) is 0 Å². The van der Waals surface area contributed by atoms with E-state index in [4.69, 9.17) is 10.7 Å². The maximum Gasteiger partial charge on any atom is 0.131 e. The molecule has 0 spiro atoms. The molecule has 2 aromatic rings. The van der Waals surface area contributed by atoms with Gasteiger partial charge in [-0.2, -0.15) is 0 Å². The molecule has 1 saturated carbocycles. The molecule has 4 rings (SSSR count). The maximum absolute atomic E-state index is 6.37. The van der Waals surface area contributed by atoms with Gasteiger partial charge in [-0.3, -0.25) is 0 Å². The fourth-order valence-corrected chi connectivity index (χ4v) is 3.50. The summed E-state index contributed by atoms with van der Waals surface area (Å²) in [6.45, 7) is 3.20. The van der Waals surface area contributed by atoms with Crippen molar-refractivity contribution in [2.45, 2.75) is 38.6 Å². The van der Waals surface area contributed by atoms with Crippen molar-refractivity contribution < 1.29 is 0 Å². The molecule has 2 N–H and O–H groups in total. The molecule has 0 unspecified atom stereocenters. The summed E-state index contributed by atoms with van der Waals surface area (Å²) in [7, 11) is 2.16. The average molecular weight is 282 g/mol. The van der Waals surface area contributed by atoms with Crippen LogP contribution in [0, 0.1) is 6.92 Å². The summed E-state index contributed by atoms with van der Waals surface area (Å²) >= 11 is 0. The highest BCUT2D eigenvalue weighted by Gasteiger charge is 2.29. The zero-order chi connectivity index (χ0) is 14.6. The van der Waals surface area contributed by atoms with Gasteiger partial charge < -0.3 is 15.2 Å². The monoisotopic (exact) mass is 282 g/mol. The van der Waals surface area contributed by atoms with Gasteiger partial charge in [0.25, 0.3) is 0 Å². The molecule has 0 radical (unpaired) electrons. The smallest absolute Gasteiger partial charge is 0.131 e. The van der Waals surface area contributed by atoms with E-state index >= 15 is 0 Å². The second-order valence-corrected chi connectivity index (χ2v) is 6.36. The van der Waals surface area contributed by atoms with Crippen molar-refractivity contribution in [3.05, 3.63) is 29.6 Å². The minimum atomic E-state index is 0.579. The normalized spacial score (nSPS) is 17.9. The van der Waals surface area contributed by atoms with Crippen LogP contribution in [-0.4, -0.2) is 23.1 Å². The molecular weight excluding hydrogens is 260 g/mol. The van der Waals surface area contributed by atoms with Crippen molar-refractivity contribution in [1.82, 2.24) is 9.55 Å². The van der Waals surface area contributed by atoms with E-state index in [1.165, 1.54) is 30.5 Å². The lowest BCUT2D eigenvalue weighted by atomic mass is 9.98. The van der Waals surface area contributed by atoms with Crippen LogP contribution < -0.4 is 10.6 Å². The predicted molar refractivity (Wildman–Crippen MR) is 86.7 cm³/mol. The van der Waals surface area contributed by atoms with Crippen LogP contribution in [-0.2, 0) is 6.42 Å². The number of anilines is 2. The topological polar surface area (TPSA) is 47.1 Å². The van der Waals surface area contributed by atoms with Gasteiger partial charge in [0.05, 0.1) is 0 Å². The van der Waals surface area contributed by atoms with E-state index in [-0.39, 0.29) is 0 Å². The van der Waals surface area contributed by atoms with Crippen LogP contribution in [0.1, 0.15) is 36.7 Å². The molecule has 4 nitrogen and oxygen atoms in total. The lowest BCUT2D eigenvalue weighted by Gasteiger charge is -2.27. The minimum Gasteiger partial charge on any atom is -0.383 e. The molecule has 1 aliphatic carbocycles. The summed E-state index contributed by atoms with van der Waals surface area (Å²) in [6, 6.07) is 7.24. The fourth-order valence-electron chi connectivity index (χ4n) is 3.50. The SMILES string of the molecule is Cc1nc(-c2ccc3c(c2)CCCN3C)c(N)n1C1CC1. The molecular formula is C17H22N4. The Bertz CT molecular complexity index is 697. The van der Waals surface area contributed by atoms with Crippen LogP contribution in [0.15, 0.2) is 18.2 Å². The third kappa shape index (κ3) is 2.01. The Morgan fingerprint density at radius 1 is 1.29 bits per heavy atom. The number of aryl methyl sites for hydroxylation is 2. The second-order valence-electron chi connectivity index (χ2n) is 6.36. The number of nitrogens with zero attached hydrogens (tertiary/aromatic N) is 3. The van der Waals surface area contributed by atoms with Crippen molar-refractivity contribution >= 4 is 11.5 Å². The quantitative estimate of drug-likeness (QED) is 0.920. The summed E-state index contributed by atoms with van der Waals surface area (Å²) in [5, 5.41) is 0. The molecule has 2 aliphatic rings. The number of fused-ring (bicyclic) bond motifs is 1. The molecule has 4 heteroatoms. The number of hydrogen-bond donors (Lipinski definition) is 1. The highest BCUT2D eigenvalue weighted by atomic mass is 15.2. The highest BCUT2D eigenvalue weighted by Crippen LogP contribution is 2.41. The van der Waals surface area contributed by atoms with Crippen molar-refractivity contribution in [2.24, 2.45) is 0 Å². The lowest BCUT2D eigenvalue weighted by Crippen LogP contribution is -2.24. The number of nitrogens with two attached hydrogens (primary N) is 1. The van der Waals surface area contributed by atoms with Gasteiger partial charge in [0.15, 0.2) is 0 Å². The Morgan fingerprint density at radius 2 is 2.10 bits per heavy atom. The third-order valence-electron chi connectivity index (χ3n) is 4.74. The van der Waals surface area contributed by atoms with E-state index in [1.807, 2.05) is 0 Å². The Labute approximate surface area is 125 Å². The minimum absolute atomic E-state index is 0.579. The van der Waals surface area contributed by atoms with Gasteiger partial charge in [-0.25, -0.2) is 4.98 Å². The first-order valence-electron chi connectivity index (χ1n) is 7.84. The summed E-state index contributed by atoms with van der Waals surface area (Å²) in [5.74, 6) is 1.87. The number of hydrogen-bond acceptors (Lipinski definition) is 3. The van der Waals surface area contributed by atoms with Gasteiger partial charge in [0.1, 0.15) is 17.3 Å². The molecule has 110 valence electrons. The van der Waals surface area contributed by atoms with Crippen LogP contribution in [0.4, 0.5) is 11.5 Å². The van der Waals surface area contributed by atoms with Crippen molar-refractivity contribution in [3.8, 4) is 11.3 Å².